The Bertz CT molecular complexity index is 127. The largest absolute Gasteiger partial charge is 0.478 e. The Labute approximate surface area is 55.2 Å². The summed E-state index contributed by atoms with van der Waals surface area (Å²) in [5, 5.41) is 7.89. The molecular weight excluding hydrogens is 116 g/mol. The predicted octanol–water partition coefficient (Wildman–Crippen LogP) is 1.29. The van der Waals surface area contributed by atoms with E-state index in [2.05, 4.69) is 18.9 Å². The van der Waals surface area contributed by atoms with Crippen LogP contribution in [0.25, 0.3) is 0 Å². The third-order valence-electron chi connectivity index (χ3n) is 0.365. The Morgan fingerprint density at radius 2 is 1.89 bits per heavy atom. The van der Waals surface area contributed by atoms with Crippen LogP contribution < -0.4 is 0 Å². The normalized spacial score (nSPS) is 5.89. The zero-order chi connectivity index (χ0) is 7.86. The van der Waals surface area contributed by atoms with Crippen molar-refractivity contribution >= 4 is 5.97 Å². The highest BCUT2D eigenvalue weighted by Gasteiger charge is 1.90. The van der Waals surface area contributed by atoms with E-state index in [9.17, 15) is 4.79 Å². The molecule has 0 fully saturated rings. The van der Waals surface area contributed by atoms with E-state index in [0.717, 1.165) is 0 Å². The van der Waals surface area contributed by atoms with Crippen molar-refractivity contribution in [2.75, 3.05) is 0 Å². The Morgan fingerprint density at radius 3 is 1.89 bits per heavy atom. The minimum atomic E-state index is -0.935. The molecule has 0 aliphatic carbocycles. The van der Waals surface area contributed by atoms with Crippen molar-refractivity contribution in [3.63, 3.8) is 0 Å². The first kappa shape index (κ1) is 10.7. The highest BCUT2D eigenvalue weighted by Crippen LogP contribution is 1.81. The van der Waals surface area contributed by atoms with Gasteiger partial charge < -0.3 is 5.11 Å². The summed E-state index contributed by atoms with van der Waals surface area (Å²) in [6.07, 6.45) is 4.60. The molecule has 0 bridgehead atoms. The summed E-state index contributed by atoms with van der Waals surface area (Å²) < 4.78 is 0. The van der Waals surface area contributed by atoms with Crippen LogP contribution in [0, 0.1) is 12.3 Å². The van der Waals surface area contributed by atoms with Crippen LogP contribution in [-0.2, 0) is 4.79 Å². The van der Waals surface area contributed by atoms with E-state index >= 15 is 0 Å². The predicted molar refractivity (Wildman–Crippen MR) is 37.0 cm³/mol. The van der Waals surface area contributed by atoms with E-state index in [1.807, 2.05) is 0 Å². The van der Waals surface area contributed by atoms with Gasteiger partial charge in [-0.15, -0.1) is 12.3 Å². The lowest BCUT2D eigenvalue weighted by Crippen LogP contribution is -1.92. The minimum absolute atomic E-state index is 0.176. The number of carboxylic acids is 1. The fraction of sp³-hybridized carbons (Fsp3) is 0.286. The maximum atomic E-state index is 9.60. The maximum Gasteiger partial charge on any atom is 0.330 e. The van der Waals surface area contributed by atoms with E-state index in [1.165, 1.54) is 6.92 Å². The van der Waals surface area contributed by atoms with Gasteiger partial charge in [-0.2, -0.15) is 0 Å². The molecule has 50 valence electrons. The van der Waals surface area contributed by atoms with Gasteiger partial charge in [-0.05, 0) is 13.8 Å². The molecule has 0 aromatic heterocycles. The molecule has 0 aromatic carbocycles. The summed E-state index contributed by atoms with van der Waals surface area (Å²) in [6.45, 7) is 6.25. The zero-order valence-corrected chi connectivity index (χ0v) is 5.64. The van der Waals surface area contributed by atoms with Crippen molar-refractivity contribution < 1.29 is 9.90 Å². The quantitative estimate of drug-likeness (QED) is 0.424. The smallest absolute Gasteiger partial charge is 0.330 e. The molecule has 0 rings (SSSR count). The third kappa shape index (κ3) is 20.1. The van der Waals surface area contributed by atoms with Gasteiger partial charge in [-0.25, -0.2) is 4.79 Å². The fourth-order valence-electron chi connectivity index (χ4n) is 0. The van der Waals surface area contributed by atoms with Crippen LogP contribution >= 0.6 is 0 Å². The van der Waals surface area contributed by atoms with E-state index in [1.54, 1.807) is 6.92 Å². The van der Waals surface area contributed by atoms with Crippen LogP contribution in [0.1, 0.15) is 13.8 Å². The minimum Gasteiger partial charge on any atom is -0.478 e. The molecule has 0 aliphatic heterocycles. The molecule has 0 atom stereocenters. The summed E-state index contributed by atoms with van der Waals surface area (Å²) in [7, 11) is 0. The second kappa shape index (κ2) is 6.77. The summed E-state index contributed by atoms with van der Waals surface area (Å²) in [4.78, 5) is 9.60. The van der Waals surface area contributed by atoms with Crippen molar-refractivity contribution in [3.05, 3.63) is 12.2 Å². The lowest BCUT2D eigenvalue weighted by Gasteiger charge is -1.79. The van der Waals surface area contributed by atoms with E-state index in [-0.39, 0.29) is 5.57 Å². The molecule has 0 amide bonds. The number of terminal acetylenes is 1. The van der Waals surface area contributed by atoms with Crippen molar-refractivity contribution in [2.24, 2.45) is 0 Å². The number of carboxylic acid groups (broad SMARTS) is 1. The van der Waals surface area contributed by atoms with E-state index in [0.29, 0.717) is 0 Å². The monoisotopic (exact) mass is 126 g/mol. The van der Waals surface area contributed by atoms with Crippen LogP contribution in [0.2, 0.25) is 0 Å². The van der Waals surface area contributed by atoms with Crippen LogP contribution in [-0.4, -0.2) is 11.1 Å². The molecule has 2 nitrogen and oxygen atoms in total. The Morgan fingerprint density at radius 1 is 1.78 bits per heavy atom. The van der Waals surface area contributed by atoms with Gasteiger partial charge in [-0.3, -0.25) is 0 Å². The van der Waals surface area contributed by atoms with Crippen molar-refractivity contribution in [3.8, 4) is 12.3 Å². The number of carbonyl (C=O) groups is 1. The fourth-order valence-corrected chi connectivity index (χ4v) is 0. The Kier molecular flexibility index (Phi) is 8.05. The van der Waals surface area contributed by atoms with Crippen molar-refractivity contribution in [2.45, 2.75) is 13.8 Å². The first-order valence-corrected chi connectivity index (χ1v) is 2.32. The first-order valence-electron chi connectivity index (χ1n) is 2.32. The number of hydrogen-bond donors (Lipinski definition) is 1. The van der Waals surface area contributed by atoms with Crippen molar-refractivity contribution in [1.82, 2.24) is 0 Å². The number of rotatable bonds is 1. The molecule has 0 aromatic rings. The molecule has 0 saturated heterocycles. The van der Waals surface area contributed by atoms with Gasteiger partial charge in [0.2, 0.25) is 0 Å². The number of aliphatic carboxylic acids is 1. The van der Waals surface area contributed by atoms with Gasteiger partial charge in [0.05, 0.1) is 0 Å². The molecule has 1 N–H and O–H groups in total. The van der Waals surface area contributed by atoms with Gasteiger partial charge in [0.1, 0.15) is 0 Å². The average molecular weight is 126 g/mol. The molecule has 2 heteroatoms. The highest BCUT2D eigenvalue weighted by atomic mass is 16.4. The zero-order valence-electron chi connectivity index (χ0n) is 5.64. The molecule has 0 saturated carbocycles. The average Bonchev–Trinajstić information content (AvgIpc) is 1.68. The topological polar surface area (TPSA) is 37.3 Å². The van der Waals surface area contributed by atoms with E-state index in [4.69, 9.17) is 5.11 Å². The Hall–Kier alpha value is -1.23. The standard InChI is InChI=1S/C4H6O2.C3H4/c1-3(2)4(5)6;1-3-2/h1H2,2H3,(H,5,6);1H,2H3. The summed E-state index contributed by atoms with van der Waals surface area (Å²) >= 11 is 0. The maximum absolute atomic E-state index is 9.60. The molecule has 0 unspecified atom stereocenters. The lowest BCUT2D eigenvalue weighted by molar-refractivity contribution is -0.132. The second-order valence-electron chi connectivity index (χ2n) is 1.37. The van der Waals surface area contributed by atoms with Crippen LogP contribution in [0.5, 0.6) is 0 Å². The van der Waals surface area contributed by atoms with Gasteiger partial charge >= 0.3 is 5.97 Å². The van der Waals surface area contributed by atoms with Crippen LogP contribution in [0.4, 0.5) is 0 Å². The Balaban J connectivity index is 0. The summed E-state index contributed by atoms with van der Waals surface area (Å²) in [6, 6.07) is 0. The summed E-state index contributed by atoms with van der Waals surface area (Å²) in [5.41, 5.74) is 0.176. The number of hydrogen-bond acceptors (Lipinski definition) is 1. The van der Waals surface area contributed by atoms with Crippen molar-refractivity contribution in [1.29, 1.82) is 0 Å². The molecular formula is C7H10O2. The molecule has 0 radical (unpaired) electrons. The van der Waals surface area contributed by atoms with Gasteiger partial charge in [0.15, 0.2) is 0 Å². The molecule has 9 heavy (non-hydrogen) atoms. The van der Waals surface area contributed by atoms with Gasteiger partial charge in [-0.1, -0.05) is 6.58 Å². The lowest BCUT2D eigenvalue weighted by atomic mass is 10.4. The van der Waals surface area contributed by atoms with E-state index < -0.39 is 5.97 Å². The van der Waals surface area contributed by atoms with Crippen LogP contribution in [0.3, 0.4) is 0 Å². The first-order chi connectivity index (χ1) is 4.06. The second-order valence-corrected chi connectivity index (χ2v) is 1.37. The molecule has 0 spiro atoms. The highest BCUT2D eigenvalue weighted by molar-refractivity contribution is 5.84. The van der Waals surface area contributed by atoms with Gasteiger partial charge in [0.25, 0.3) is 0 Å². The molecule has 0 heterocycles. The summed E-state index contributed by atoms with van der Waals surface area (Å²) in [5.74, 6) is 1.31. The SMILES string of the molecule is C#CC.C=C(C)C(=O)O. The molecule has 0 aliphatic rings. The van der Waals surface area contributed by atoms with Crippen LogP contribution in [0.15, 0.2) is 12.2 Å². The van der Waals surface area contributed by atoms with Gasteiger partial charge in [0, 0.05) is 5.57 Å². The third-order valence-corrected chi connectivity index (χ3v) is 0.365.